The molecule has 0 saturated heterocycles. The smallest absolute Gasteiger partial charge is 0.219 e. The first kappa shape index (κ1) is 15.5. The van der Waals surface area contributed by atoms with Crippen LogP contribution in [0.4, 0.5) is 0 Å². The van der Waals surface area contributed by atoms with Gasteiger partial charge in [-0.2, -0.15) is 0 Å². The molecule has 0 fully saturated rings. The number of hydrogen-bond acceptors (Lipinski definition) is 3. The Morgan fingerprint density at radius 2 is 2.11 bits per heavy atom. The molecule has 1 aromatic rings. The first-order chi connectivity index (χ1) is 9.17. The molecule has 0 aromatic heterocycles. The van der Waals surface area contributed by atoms with Gasteiger partial charge in [0.2, 0.25) is 5.91 Å². The lowest BCUT2D eigenvalue weighted by Crippen LogP contribution is -2.27. The van der Waals surface area contributed by atoms with Crippen LogP contribution in [-0.2, 0) is 16.0 Å². The Labute approximate surface area is 115 Å². The van der Waals surface area contributed by atoms with Crippen molar-refractivity contribution in [2.75, 3.05) is 26.9 Å². The van der Waals surface area contributed by atoms with Gasteiger partial charge < -0.3 is 14.8 Å². The molecule has 0 aliphatic heterocycles. The monoisotopic (exact) mass is 265 g/mol. The van der Waals surface area contributed by atoms with E-state index in [9.17, 15) is 4.79 Å². The summed E-state index contributed by atoms with van der Waals surface area (Å²) in [6, 6.07) is 6.13. The van der Waals surface area contributed by atoms with Gasteiger partial charge in [0.1, 0.15) is 12.4 Å². The van der Waals surface area contributed by atoms with Crippen molar-refractivity contribution in [3.05, 3.63) is 29.3 Å². The summed E-state index contributed by atoms with van der Waals surface area (Å²) >= 11 is 0. The van der Waals surface area contributed by atoms with Gasteiger partial charge in [-0.1, -0.05) is 19.1 Å². The minimum Gasteiger partial charge on any atom is -0.491 e. The Hall–Kier alpha value is -1.55. The predicted molar refractivity (Wildman–Crippen MR) is 75.6 cm³/mol. The Morgan fingerprint density at radius 1 is 1.32 bits per heavy atom. The Morgan fingerprint density at radius 3 is 2.74 bits per heavy atom. The Bertz CT molecular complexity index is 404. The van der Waals surface area contributed by atoms with E-state index >= 15 is 0 Å². The van der Waals surface area contributed by atoms with Gasteiger partial charge >= 0.3 is 0 Å². The normalized spacial score (nSPS) is 10.3. The minimum absolute atomic E-state index is 0.0511. The third-order valence-electron chi connectivity index (χ3n) is 2.84. The summed E-state index contributed by atoms with van der Waals surface area (Å²) in [5.41, 5.74) is 2.35. The lowest BCUT2D eigenvalue weighted by molar-refractivity contribution is -0.120. The molecule has 0 saturated carbocycles. The fraction of sp³-hybridized carbons (Fsp3) is 0.533. The largest absolute Gasteiger partial charge is 0.491 e. The molecule has 4 heteroatoms. The second-order valence-corrected chi connectivity index (χ2v) is 4.39. The van der Waals surface area contributed by atoms with Crippen molar-refractivity contribution in [3.63, 3.8) is 0 Å². The molecule has 1 rings (SSSR count). The number of rotatable bonds is 8. The van der Waals surface area contributed by atoms with Crippen molar-refractivity contribution in [2.24, 2.45) is 0 Å². The van der Waals surface area contributed by atoms with Gasteiger partial charge in [-0.3, -0.25) is 4.79 Å². The van der Waals surface area contributed by atoms with Crippen LogP contribution in [0.15, 0.2) is 18.2 Å². The summed E-state index contributed by atoms with van der Waals surface area (Å²) in [7, 11) is 1.70. The number of ether oxygens (including phenoxy) is 2. The second kappa shape index (κ2) is 8.53. The fourth-order valence-corrected chi connectivity index (χ4v) is 1.73. The molecule has 4 nitrogen and oxygen atoms in total. The van der Waals surface area contributed by atoms with Crippen molar-refractivity contribution in [3.8, 4) is 5.75 Å². The van der Waals surface area contributed by atoms with Crippen molar-refractivity contribution in [1.82, 2.24) is 5.32 Å². The molecule has 1 N–H and O–H groups in total. The highest BCUT2D eigenvalue weighted by Gasteiger charge is 2.02. The zero-order chi connectivity index (χ0) is 14.1. The van der Waals surface area contributed by atoms with E-state index in [1.807, 2.05) is 26.0 Å². The van der Waals surface area contributed by atoms with Crippen LogP contribution < -0.4 is 10.1 Å². The van der Waals surface area contributed by atoms with Crippen molar-refractivity contribution >= 4 is 5.91 Å². The fourth-order valence-electron chi connectivity index (χ4n) is 1.73. The summed E-state index contributed by atoms with van der Waals surface area (Å²) in [6.45, 7) is 5.61. The van der Waals surface area contributed by atoms with Crippen LogP contribution in [0.1, 0.15) is 24.5 Å². The van der Waals surface area contributed by atoms with Crippen LogP contribution in [-0.4, -0.2) is 32.8 Å². The average Bonchev–Trinajstić information content (AvgIpc) is 2.42. The highest BCUT2D eigenvalue weighted by Crippen LogP contribution is 2.19. The summed E-state index contributed by atoms with van der Waals surface area (Å²) in [5.74, 6) is 0.919. The quantitative estimate of drug-likeness (QED) is 0.732. The lowest BCUT2D eigenvalue weighted by Gasteiger charge is -2.11. The average molecular weight is 265 g/mol. The molecule has 1 amide bonds. The molecule has 0 radical (unpaired) electrons. The van der Waals surface area contributed by atoms with E-state index in [4.69, 9.17) is 9.47 Å². The molecule has 0 heterocycles. The molecule has 0 aliphatic carbocycles. The maximum absolute atomic E-state index is 11.1. The van der Waals surface area contributed by atoms with Gasteiger partial charge in [0, 0.05) is 13.5 Å². The van der Waals surface area contributed by atoms with E-state index in [0.717, 1.165) is 24.3 Å². The van der Waals surface area contributed by atoms with Gasteiger partial charge in [0.05, 0.1) is 13.2 Å². The highest BCUT2D eigenvalue weighted by molar-refractivity contribution is 5.75. The Balaban J connectivity index is 2.39. The summed E-state index contributed by atoms with van der Waals surface area (Å²) in [4.78, 5) is 11.1. The molecule has 1 aromatic carbocycles. The molecule has 19 heavy (non-hydrogen) atoms. The summed E-state index contributed by atoms with van der Waals surface area (Å²) in [5, 5.41) is 2.78. The first-order valence-electron chi connectivity index (χ1n) is 6.65. The number of benzene rings is 1. The van der Waals surface area contributed by atoms with E-state index < -0.39 is 0 Å². The van der Waals surface area contributed by atoms with Crippen molar-refractivity contribution in [1.29, 1.82) is 0 Å². The molecule has 0 atom stereocenters. The third kappa shape index (κ3) is 5.75. The first-order valence-corrected chi connectivity index (χ1v) is 6.65. The Kier molecular flexibility index (Phi) is 6.97. The number of aryl methyl sites for hydroxylation is 1. The van der Waals surface area contributed by atoms with Crippen LogP contribution in [0.5, 0.6) is 5.75 Å². The maximum Gasteiger partial charge on any atom is 0.219 e. The van der Waals surface area contributed by atoms with E-state index in [1.165, 1.54) is 5.56 Å². The molecule has 0 spiro atoms. The van der Waals surface area contributed by atoms with Crippen molar-refractivity contribution < 1.29 is 14.3 Å². The van der Waals surface area contributed by atoms with E-state index in [1.54, 1.807) is 7.11 Å². The van der Waals surface area contributed by atoms with Gasteiger partial charge in [0.15, 0.2) is 0 Å². The van der Waals surface area contributed by atoms with Crippen LogP contribution in [0, 0.1) is 6.92 Å². The van der Waals surface area contributed by atoms with Gasteiger partial charge in [-0.05, 0) is 30.5 Å². The van der Waals surface area contributed by atoms with Gasteiger partial charge in [0.25, 0.3) is 0 Å². The molecule has 0 aliphatic rings. The minimum atomic E-state index is 0.0511. The predicted octanol–water partition coefficient (Wildman–Crippen LogP) is 2.09. The molecule has 0 unspecified atom stereocenters. The highest BCUT2D eigenvalue weighted by atomic mass is 16.5. The van der Waals surface area contributed by atoms with Crippen LogP contribution in [0.3, 0.4) is 0 Å². The maximum atomic E-state index is 11.1. The number of methoxy groups -OCH3 is 1. The molecular weight excluding hydrogens is 242 g/mol. The number of nitrogens with one attached hydrogen (secondary N) is 1. The van der Waals surface area contributed by atoms with E-state index in [0.29, 0.717) is 19.6 Å². The van der Waals surface area contributed by atoms with Crippen LogP contribution in [0.2, 0.25) is 0 Å². The lowest BCUT2D eigenvalue weighted by atomic mass is 10.1. The zero-order valence-corrected chi connectivity index (χ0v) is 12.0. The number of carbonyl (C=O) groups excluding carboxylic acids is 1. The molecule has 106 valence electrons. The number of hydrogen-bond donors (Lipinski definition) is 1. The van der Waals surface area contributed by atoms with Gasteiger partial charge in [-0.25, -0.2) is 0 Å². The van der Waals surface area contributed by atoms with E-state index in [2.05, 4.69) is 11.4 Å². The summed E-state index contributed by atoms with van der Waals surface area (Å²) < 4.78 is 10.7. The number of amides is 1. The standard InChI is InChI=1S/C15H23NO3/c1-4-15(17)16-8-10-19-14-6-5-13(7-9-18-3)11-12(14)2/h5-6,11H,4,7-10H2,1-3H3,(H,16,17). The second-order valence-electron chi connectivity index (χ2n) is 4.39. The SMILES string of the molecule is CCC(=O)NCCOc1ccc(CCOC)cc1C. The zero-order valence-electron chi connectivity index (χ0n) is 12.0. The van der Waals surface area contributed by atoms with Gasteiger partial charge in [-0.15, -0.1) is 0 Å². The third-order valence-corrected chi connectivity index (χ3v) is 2.84. The number of carbonyl (C=O) groups is 1. The van der Waals surface area contributed by atoms with Crippen LogP contribution >= 0.6 is 0 Å². The van der Waals surface area contributed by atoms with Crippen molar-refractivity contribution in [2.45, 2.75) is 26.7 Å². The van der Waals surface area contributed by atoms with Crippen LogP contribution in [0.25, 0.3) is 0 Å². The molecule has 0 bridgehead atoms. The summed E-state index contributed by atoms with van der Waals surface area (Å²) in [6.07, 6.45) is 1.41. The molecular formula is C15H23NO3. The van der Waals surface area contributed by atoms with E-state index in [-0.39, 0.29) is 5.91 Å². The topological polar surface area (TPSA) is 47.6 Å².